The zero-order valence-corrected chi connectivity index (χ0v) is 8.27. The summed E-state index contributed by atoms with van der Waals surface area (Å²) in [6, 6.07) is 0.687. The molecule has 0 aromatic carbocycles. The molecule has 1 rings (SSSR count). The first-order valence-corrected chi connectivity index (χ1v) is 5.00. The van der Waals surface area contributed by atoms with Crippen LogP contribution < -0.4 is 10.6 Å². The van der Waals surface area contributed by atoms with Crippen molar-refractivity contribution in [1.82, 2.24) is 15.5 Å². The highest BCUT2D eigenvalue weighted by Gasteiger charge is 2.14. The van der Waals surface area contributed by atoms with Crippen LogP contribution in [0.2, 0.25) is 0 Å². The third kappa shape index (κ3) is 3.09. The van der Waals surface area contributed by atoms with Gasteiger partial charge in [0.15, 0.2) is 0 Å². The minimum absolute atomic E-state index is 0.687. The Bertz CT molecular complexity index is 110. The molecular weight excluding hydrogens is 150 g/mol. The van der Waals surface area contributed by atoms with Gasteiger partial charge in [-0.15, -0.1) is 0 Å². The summed E-state index contributed by atoms with van der Waals surface area (Å²) >= 11 is 0. The molecule has 0 spiro atoms. The minimum atomic E-state index is 0.687. The highest BCUT2D eigenvalue weighted by molar-refractivity contribution is 4.74. The molecule has 0 aliphatic carbocycles. The smallest absolute Gasteiger partial charge is 0.0193 e. The van der Waals surface area contributed by atoms with Crippen LogP contribution in [0.15, 0.2) is 0 Å². The van der Waals surface area contributed by atoms with Crippen LogP contribution in [0.4, 0.5) is 0 Å². The quantitative estimate of drug-likeness (QED) is 0.618. The molecule has 1 saturated heterocycles. The second-order valence-electron chi connectivity index (χ2n) is 3.44. The van der Waals surface area contributed by atoms with Gasteiger partial charge in [-0.1, -0.05) is 6.92 Å². The zero-order chi connectivity index (χ0) is 8.81. The van der Waals surface area contributed by atoms with Crippen molar-refractivity contribution in [3.8, 4) is 0 Å². The van der Waals surface area contributed by atoms with E-state index in [2.05, 4.69) is 29.4 Å². The van der Waals surface area contributed by atoms with E-state index < -0.39 is 0 Å². The average molecular weight is 171 g/mol. The average Bonchev–Trinajstić information content (AvgIpc) is 2.15. The van der Waals surface area contributed by atoms with Crippen LogP contribution in [0.3, 0.4) is 0 Å². The lowest BCUT2D eigenvalue weighted by Gasteiger charge is -2.32. The summed E-state index contributed by atoms with van der Waals surface area (Å²) in [5.41, 5.74) is 0. The molecule has 72 valence electrons. The van der Waals surface area contributed by atoms with E-state index in [1.807, 2.05) is 0 Å². The summed E-state index contributed by atoms with van der Waals surface area (Å²) in [5, 5.41) is 6.75. The number of nitrogens with one attached hydrogen (secondary N) is 2. The molecule has 0 aromatic rings. The molecule has 1 fully saturated rings. The lowest BCUT2D eigenvalue weighted by Crippen LogP contribution is -2.50. The summed E-state index contributed by atoms with van der Waals surface area (Å²) in [5.74, 6) is 0. The van der Waals surface area contributed by atoms with E-state index in [-0.39, 0.29) is 0 Å². The predicted molar refractivity (Wildman–Crippen MR) is 52.4 cm³/mol. The van der Waals surface area contributed by atoms with Gasteiger partial charge in [0.1, 0.15) is 0 Å². The molecule has 3 nitrogen and oxygen atoms in total. The van der Waals surface area contributed by atoms with Crippen molar-refractivity contribution in [2.45, 2.75) is 19.9 Å². The molecule has 0 amide bonds. The van der Waals surface area contributed by atoms with Crippen LogP contribution in [-0.2, 0) is 0 Å². The van der Waals surface area contributed by atoms with Crippen LogP contribution in [0.25, 0.3) is 0 Å². The fraction of sp³-hybridized carbons (Fsp3) is 1.00. The first-order valence-electron chi connectivity index (χ1n) is 5.00. The molecule has 0 aromatic heterocycles. The Labute approximate surface area is 75.5 Å². The third-order valence-electron chi connectivity index (χ3n) is 2.46. The molecule has 1 unspecified atom stereocenters. The Balaban J connectivity index is 2.15. The van der Waals surface area contributed by atoms with Crippen molar-refractivity contribution >= 4 is 0 Å². The fourth-order valence-corrected chi connectivity index (χ4v) is 1.61. The molecule has 2 N–H and O–H groups in total. The Morgan fingerprint density at radius 1 is 1.42 bits per heavy atom. The maximum Gasteiger partial charge on any atom is 0.0193 e. The van der Waals surface area contributed by atoms with Crippen molar-refractivity contribution < 1.29 is 0 Å². The summed E-state index contributed by atoms with van der Waals surface area (Å²) in [6.07, 6.45) is 0. The maximum absolute atomic E-state index is 3.38. The molecule has 0 radical (unpaired) electrons. The molecule has 1 aliphatic rings. The number of piperazine rings is 1. The van der Waals surface area contributed by atoms with Crippen molar-refractivity contribution in [1.29, 1.82) is 0 Å². The number of nitrogens with zero attached hydrogens (tertiary/aromatic N) is 1. The second kappa shape index (κ2) is 5.51. The second-order valence-corrected chi connectivity index (χ2v) is 3.44. The van der Waals surface area contributed by atoms with Crippen LogP contribution in [0.1, 0.15) is 13.8 Å². The van der Waals surface area contributed by atoms with Gasteiger partial charge >= 0.3 is 0 Å². The number of hydrogen-bond donors (Lipinski definition) is 2. The van der Waals surface area contributed by atoms with Crippen LogP contribution in [-0.4, -0.2) is 50.2 Å². The normalized spacial score (nSPS) is 22.5. The summed E-state index contributed by atoms with van der Waals surface area (Å²) in [4.78, 5) is 2.54. The predicted octanol–water partition coefficient (Wildman–Crippen LogP) is -0.110. The number of hydrogen-bond acceptors (Lipinski definition) is 3. The molecule has 0 bridgehead atoms. The van der Waals surface area contributed by atoms with Gasteiger partial charge in [-0.2, -0.15) is 0 Å². The minimum Gasteiger partial charge on any atom is -0.315 e. The van der Waals surface area contributed by atoms with E-state index in [0.717, 1.165) is 26.2 Å². The Morgan fingerprint density at radius 2 is 2.08 bits per heavy atom. The van der Waals surface area contributed by atoms with Gasteiger partial charge in [0.2, 0.25) is 0 Å². The van der Waals surface area contributed by atoms with Gasteiger partial charge in [0.25, 0.3) is 0 Å². The Hall–Kier alpha value is -0.120. The summed E-state index contributed by atoms with van der Waals surface area (Å²) in [7, 11) is 0. The van der Waals surface area contributed by atoms with Gasteiger partial charge in [-0.3, -0.25) is 4.90 Å². The van der Waals surface area contributed by atoms with Gasteiger partial charge in [-0.25, -0.2) is 0 Å². The monoisotopic (exact) mass is 171 g/mol. The van der Waals surface area contributed by atoms with E-state index in [1.54, 1.807) is 0 Å². The standard InChI is InChI=1S/C9H21N3/c1-3-10-8-9(2)12-6-4-11-5-7-12/h9-11H,3-8H2,1-2H3. The first kappa shape index (κ1) is 9.96. The Morgan fingerprint density at radius 3 is 2.67 bits per heavy atom. The highest BCUT2D eigenvalue weighted by atomic mass is 15.2. The van der Waals surface area contributed by atoms with Crippen molar-refractivity contribution in [3.63, 3.8) is 0 Å². The number of likely N-dealkylation sites (N-methyl/N-ethyl adjacent to an activating group) is 1. The molecule has 1 atom stereocenters. The van der Waals surface area contributed by atoms with Crippen molar-refractivity contribution in [2.75, 3.05) is 39.3 Å². The largest absolute Gasteiger partial charge is 0.315 e. The SMILES string of the molecule is CCNCC(C)N1CCNCC1. The molecule has 12 heavy (non-hydrogen) atoms. The lowest BCUT2D eigenvalue weighted by molar-refractivity contribution is 0.181. The van der Waals surface area contributed by atoms with E-state index in [4.69, 9.17) is 0 Å². The van der Waals surface area contributed by atoms with E-state index in [1.165, 1.54) is 13.1 Å². The zero-order valence-electron chi connectivity index (χ0n) is 8.27. The van der Waals surface area contributed by atoms with Crippen LogP contribution in [0, 0.1) is 0 Å². The molecule has 0 saturated carbocycles. The topological polar surface area (TPSA) is 27.3 Å². The maximum atomic E-state index is 3.38. The highest BCUT2D eigenvalue weighted by Crippen LogP contribution is 1.98. The molecule has 1 heterocycles. The third-order valence-corrected chi connectivity index (χ3v) is 2.46. The van der Waals surface area contributed by atoms with Crippen LogP contribution in [0.5, 0.6) is 0 Å². The van der Waals surface area contributed by atoms with Crippen molar-refractivity contribution in [2.24, 2.45) is 0 Å². The summed E-state index contributed by atoms with van der Waals surface area (Å²) in [6.45, 7) is 11.4. The summed E-state index contributed by atoms with van der Waals surface area (Å²) < 4.78 is 0. The van der Waals surface area contributed by atoms with E-state index in [0.29, 0.717) is 6.04 Å². The van der Waals surface area contributed by atoms with Gasteiger partial charge in [0.05, 0.1) is 0 Å². The van der Waals surface area contributed by atoms with Crippen LogP contribution >= 0.6 is 0 Å². The Kier molecular flexibility index (Phi) is 4.58. The fourth-order valence-electron chi connectivity index (χ4n) is 1.61. The van der Waals surface area contributed by atoms with Crippen molar-refractivity contribution in [3.05, 3.63) is 0 Å². The van der Waals surface area contributed by atoms with E-state index >= 15 is 0 Å². The molecule has 3 heteroatoms. The van der Waals surface area contributed by atoms with Gasteiger partial charge < -0.3 is 10.6 Å². The molecule has 1 aliphatic heterocycles. The van der Waals surface area contributed by atoms with Gasteiger partial charge in [0, 0.05) is 38.8 Å². The van der Waals surface area contributed by atoms with E-state index in [9.17, 15) is 0 Å². The number of rotatable bonds is 4. The molecular formula is C9H21N3. The lowest BCUT2D eigenvalue weighted by atomic mass is 10.2. The van der Waals surface area contributed by atoms with Gasteiger partial charge in [-0.05, 0) is 13.5 Å². The first-order chi connectivity index (χ1) is 5.84.